The number of carbonyl (C=O) groups is 1. The first kappa shape index (κ1) is 19.6. The Hall–Kier alpha value is -2.17. The molecule has 0 spiro atoms. The zero-order valence-electron chi connectivity index (χ0n) is 16.0. The molecular formula is C23H29NO3. The lowest BCUT2D eigenvalue weighted by molar-refractivity contribution is -0.158. The molecule has 1 fully saturated rings. The highest BCUT2D eigenvalue weighted by atomic mass is 16.6. The summed E-state index contributed by atoms with van der Waals surface area (Å²) < 4.78 is 5.34. The third-order valence-corrected chi connectivity index (χ3v) is 5.24. The number of esters is 1. The summed E-state index contributed by atoms with van der Waals surface area (Å²) in [5, 5.41) is 10.8. The van der Waals surface area contributed by atoms with Gasteiger partial charge in [0.15, 0.2) is 0 Å². The van der Waals surface area contributed by atoms with E-state index in [9.17, 15) is 9.90 Å². The molecule has 2 aromatic rings. The lowest BCUT2D eigenvalue weighted by atomic mass is 9.84. The van der Waals surface area contributed by atoms with Gasteiger partial charge in [-0.2, -0.15) is 0 Å². The van der Waals surface area contributed by atoms with Gasteiger partial charge < -0.3 is 9.84 Å². The van der Waals surface area contributed by atoms with Gasteiger partial charge >= 0.3 is 5.97 Å². The van der Waals surface area contributed by atoms with E-state index in [0.717, 1.165) is 38.9 Å². The Morgan fingerprint density at radius 1 is 1.00 bits per heavy atom. The maximum atomic E-state index is 11.3. The molecule has 3 rings (SSSR count). The smallest absolute Gasteiger partial charge is 0.302 e. The monoisotopic (exact) mass is 367 g/mol. The van der Waals surface area contributed by atoms with Gasteiger partial charge in [0.05, 0.1) is 6.10 Å². The SMILES string of the molecule is CC(=O)O[C@H]1CCC[C@@H](CN(Cc2ccccc2)Cc2ccccc2)[C@@H]1O. The summed E-state index contributed by atoms with van der Waals surface area (Å²) >= 11 is 0. The Balaban J connectivity index is 1.70. The van der Waals surface area contributed by atoms with Crippen LogP contribution in [0.3, 0.4) is 0 Å². The maximum absolute atomic E-state index is 11.3. The lowest BCUT2D eigenvalue weighted by Gasteiger charge is -2.37. The fourth-order valence-electron chi connectivity index (χ4n) is 3.97. The van der Waals surface area contributed by atoms with E-state index in [0.29, 0.717) is 0 Å². The topological polar surface area (TPSA) is 49.8 Å². The summed E-state index contributed by atoms with van der Waals surface area (Å²) in [7, 11) is 0. The average Bonchev–Trinajstić information content (AvgIpc) is 2.66. The second-order valence-electron chi connectivity index (χ2n) is 7.47. The fraction of sp³-hybridized carbons (Fsp3) is 0.435. The molecule has 0 aromatic heterocycles. The summed E-state index contributed by atoms with van der Waals surface area (Å²) in [6.07, 6.45) is 1.70. The van der Waals surface area contributed by atoms with Crippen LogP contribution < -0.4 is 0 Å². The molecular weight excluding hydrogens is 338 g/mol. The molecule has 2 aromatic carbocycles. The van der Waals surface area contributed by atoms with E-state index in [4.69, 9.17) is 4.74 Å². The number of hydrogen-bond acceptors (Lipinski definition) is 4. The minimum absolute atomic E-state index is 0.107. The maximum Gasteiger partial charge on any atom is 0.302 e. The first-order valence-electron chi connectivity index (χ1n) is 9.77. The van der Waals surface area contributed by atoms with Crippen molar-refractivity contribution in [3.05, 3.63) is 71.8 Å². The van der Waals surface area contributed by atoms with Crippen LogP contribution in [0.15, 0.2) is 60.7 Å². The van der Waals surface area contributed by atoms with E-state index < -0.39 is 6.10 Å². The number of ether oxygens (including phenoxy) is 1. The summed E-state index contributed by atoms with van der Waals surface area (Å²) in [5.74, 6) is -0.208. The van der Waals surface area contributed by atoms with E-state index >= 15 is 0 Å². The summed E-state index contributed by atoms with van der Waals surface area (Å²) in [4.78, 5) is 13.7. The molecule has 3 atom stereocenters. The Bertz CT molecular complexity index is 663. The van der Waals surface area contributed by atoms with Crippen LogP contribution in [0.5, 0.6) is 0 Å². The second kappa shape index (κ2) is 9.67. The quantitative estimate of drug-likeness (QED) is 0.757. The third kappa shape index (κ3) is 5.91. The van der Waals surface area contributed by atoms with Crippen LogP contribution in [0.25, 0.3) is 0 Å². The molecule has 27 heavy (non-hydrogen) atoms. The molecule has 1 aliphatic rings. The van der Waals surface area contributed by atoms with Crippen LogP contribution >= 0.6 is 0 Å². The van der Waals surface area contributed by atoms with Crippen molar-refractivity contribution in [2.45, 2.75) is 51.5 Å². The zero-order chi connectivity index (χ0) is 19.1. The number of carbonyl (C=O) groups excluding carboxylic acids is 1. The Kier molecular flexibility index (Phi) is 7.02. The first-order chi connectivity index (χ1) is 13.1. The number of rotatable bonds is 7. The molecule has 1 aliphatic carbocycles. The van der Waals surface area contributed by atoms with Crippen molar-refractivity contribution in [1.82, 2.24) is 4.90 Å². The van der Waals surface area contributed by atoms with Crippen molar-refractivity contribution in [2.24, 2.45) is 5.92 Å². The van der Waals surface area contributed by atoms with Crippen LogP contribution in [0, 0.1) is 5.92 Å². The zero-order valence-corrected chi connectivity index (χ0v) is 16.0. The molecule has 0 amide bonds. The highest BCUT2D eigenvalue weighted by Crippen LogP contribution is 2.29. The Labute approximate surface area is 161 Å². The number of benzene rings is 2. The van der Waals surface area contributed by atoms with Gasteiger partial charge in [-0.05, 0) is 30.4 Å². The number of aliphatic hydroxyl groups is 1. The molecule has 4 nitrogen and oxygen atoms in total. The van der Waals surface area contributed by atoms with E-state index in [1.54, 1.807) is 0 Å². The molecule has 0 radical (unpaired) electrons. The lowest BCUT2D eigenvalue weighted by Crippen LogP contribution is -2.45. The molecule has 0 heterocycles. The van der Waals surface area contributed by atoms with Gasteiger partial charge in [0, 0.05) is 32.5 Å². The van der Waals surface area contributed by atoms with Gasteiger partial charge in [-0.15, -0.1) is 0 Å². The third-order valence-electron chi connectivity index (χ3n) is 5.24. The molecule has 1 saturated carbocycles. The van der Waals surface area contributed by atoms with Crippen LogP contribution in [-0.2, 0) is 22.6 Å². The number of hydrogen-bond donors (Lipinski definition) is 1. The van der Waals surface area contributed by atoms with E-state index in [2.05, 4.69) is 53.4 Å². The first-order valence-corrected chi connectivity index (χ1v) is 9.77. The summed E-state index contributed by atoms with van der Waals surface area (Å²) in [6, 6.07) is 20.8. The molecule has 0 saturated heterocycles. The van der Waals surface area contributed by atoms with Crippen molar-refractivity contribution in [3.8, 4) is 0 Å². The van der Waals surface area contributed by atoms with Crippen molar-refractivity contribution in [3.63, 3.8) is 0 Å². The Morgan fingerprint density at radius 2 is 1.56 bits per heavy atom. The minimum Gasteiger partial charge on any atom is -0.460 e. The van der Waals surface area contributed by atoms with Gasteiger partial charge in [-0.1, -0.05) is 60.7 Å². The number of aliphatic hydroxyl groups excluding tert-OH is 1. The summed E-state index contributed by atoms with van der Waals surface area (Å²) in [5.41, 5.74) is 2.52. The normalized spacial score (nSPS) is 22.6. The second-order valence-corrected chi connectivity index (χ2v) is 7.47. The standard InChI is InChI=1S/C23H29NO3/c1-18(25)27-22-14-8-13-21(23(22)26)17-24(15-19-9-4-2-5-10-19)16-20-11-6-3-7-12-20/h2-7,9-12,21-23,26H,8,13-17H2,1H3/t21-,22-,23-/m0/s1. The van der Waals surface area contributed by atoms with Crippen molar-refractivity contribution in [1.29, 1.82) is 0 Å². The Morgan fingerprint density at radius 3 is 2.07 bits per heavy atom. The van der Waals surface area contributed by atoms with Gasteiger partial charge in [-0.25, -0.2) is 0 Å². The van der Waals surface area contributed by atoms with Crippen molar-refractivity contribution >= 4 is 5.97 Å². The van der Waals surface area contributed by atoms with E-state index in [1.807, 2.05) is 12.1 Å². The van der Waals surface area contributed by atoms with Crippen LogP contribution in [0.1, 0.15) is 37.3 Å². The van der Waals surface area contributed by atoms with Crippen LogP contribution in [0.4, 0.5) is 0 Å². The van der Waals surface area contributed by atoms with Gasteiger partial charge in [-0.3, -0.25) is 9.69 Å². The van der Waals surface area contributed by atoms with Crippen LogP contribution in [0.2, 0.25) is 0 Å². The minimum atomic E-state index is -0.600. The van der Waals surface area contributed by atoms with E-state index in [-0.39, 0.29) is 18.0 Å². The molecule has 0 bridgehead atoms. The predicted molar refractivity (Wildman–Crippen MR) is 106 cm³/mol. The largest absolute Gasteiger partial charge is 0.460 e. The summed E-state index contributed by atoms with van der Waals surface area (Å²) in [6.45, 7) is 3.85. The predicted octanol–water partition coefficient (Wildman–Crippen LogP) is 3.78. The average molecular weight is 367 g/mol. The number of nitrogens with zero attached hydrogens (tertiary/aromatic N) is 1. The van der Waals surface area contributed by atoms with Crippen molar-refractivity contribution in [2.75, 3.05) is 6.54 Å². The molecule has 0 unspecified atom stereocenters. The van der Waals surface area contributed by atoms with Crippen molar-refractivity contribution < 1.29 is 14.6 Å². The van der Waals surface area contributed by atoms with Gasteiger partial charge in [0.2, 0.25) is 0 Å². The molecule has 144 valence electrons. The highest BCUT2D eigenvalue weighted by Gasteiger charge is 2.34. The fourth-order valence-corrected chi connectivity index (χ4v) is 3.97. The van der Waals surface area contributed by atoms with E-state index in [1.165, 1.54) is 18.1 Å². The van der Waals surface area contributed by atoms with Crippen LogP contribution in [-0.4, -0.2) is 34.7 Å². The molecule has 1 N–H and O–H groups in total. The highest BCUT2D eigenvalue weighted by molar-refractivity contribution is 5.66. The molecule has 4 heteroatoms. The molecule has 0 aliphatic heterocycles. The van der Waals surface area contributed by atoms with Gasteiger partial charge in [0.25, 0.3) is 0 Å². The van der Waals surface area contributed by atoms with Gasteiger partial charge in [0.1, 0.15) is 6.10 Å².